The van der Waals surface area contributed by atoms with E-state index in [1.54, 1.807) is 0 Å². The zero-order chi connectivity index (χ0) is 7.78. The summed E-state index contributed by atoms with van der Waals surface area (Å²) < 4.78 is 5.06. The lowest BCUT2D eigenvalue weighted by atomic mass is 9.93. The number of carbonyl (C=O) groups is 1. The van der Waals surface area contributed by atoms with Gasteiger partial charge in [-0.15, -0.1) is 0 Å². The predicted octanol–water partition coefficient (Wildman–Crippen LogP) is 1.51. The maximum atomic E-state index is 10.7. The maximum absolute atomic E-state index is 10.7. The summed E-state index contributed by atoms with van der Waals surface area (Å²) in [6, 6.07) is 0. The highest BCUT2D eigenvalue weighted by molar-refractivity contribution is 5.85. The van der Waals surface area contributed by atoms with E-state index >= 15 is 0 Å². The van der Waals surface area contributed by atoms with Gasteiger partial charge in [0.15, 0.2) is 0 Å². The first kappa shape index (κ1) is 7.32. The van der Waals surface area contributed by atoms with Crippen LogP contribution in [0.4, 0.5) is 0 Å². The Kier molecular flexibility index (Phi) is 1.55. The Labute approximate surface area is 60.9 Å². The Morgan fingerprint density at radius 1 is 1.60 bits per heavy atom. The average Bonchev–Trinajstić information content (AvgIpc) is 2.13. The fraction of sp³-hybridized carbons (Fsp3) is 0.625. The van der Waals surface area contributed by atoms with Crippen LogP contribution in [0, 0.1) is 5.92 Å². The number of esters is 1. The fourth-order valence-corrected chi connectivity index (χ4v) is 0.829. The van der Waals surface area contributed by atoms with Crippen LogP contribution in [0.1, 0.15) is 20.8 Å². The molecule has 1 heterocycles. The normalized spacial score (nSPS) is 31.4. The van der Waals surface area contributed by atoms with Crippen molar-refractivity contribution in [3.63, 3.8) is 0 Å². The number of carbonyl (C=O) groups excluding carboxylic acids is 1. The first-order valence-electron chi connectivity index (χ1n) is 3.47. The molecule has 0 radical (unpaired) electrons. The fourth-order valence-electron chi connectivity index (χ4n) is 0.829. The van der Waals surface area contributed by atoms with Crippen LogP contribution in [0.25, 0.3) is 0 Å². The van der Waals surface area contributed by atoms with Crippen molar-refractivity contribution in [2.24, 2.45) is 5.92 Å². The molecule has 0 aliphatic carbocycles. The van der Waals surface area contributed by atoms with E-state index < -0.39 is 0 Å². The van der Waals surface area contributed by atoms with Crippen LogP contribution in [0.15, 0.2) is 12.2 Å². The van der Waals surface area contributed by atoms with E-state index in [-0.39, 0.29) is 11.6 Å². The first-order chi connectivity index (χ1) is 4.54. The minimum Gasteiger partial charge on any atom is -0.452 e. The summed E-state index contributed by atoms with van der Waals surface area (Å²) in [6.45, 7) is 5.98. The summed E-state index contributed by atoms with van der Waals surface area (Å²) in [5.74, 6) is 0.117. The number of cyclic esters (lactones) is 1. The van der Waals surface area contributed by atoms with Gasteiger partial charge in [-0.2, -0.15) is 0 Å². The van der Waals surface area contributed by atoms with Crippen LogP contribution in [0.5, 0.6) is 0 Å². The van der Waals surface area contributed by atoms with Crippen molar-refractivity contribution in [2.45, 2.75) is 26.4 Å². The number of hydrogen-bond donors (Lipinski definition) is 0. The van der Waals surface area contributed by atoms with Crippen molar-refractivity contribution in [3.8, 4) is 0 Å². The van der Waals surface area contributed by atoms with Gasteiger partial charge < -0.3 is 4.74 Å². The SMILES string of the molecule is CC(C)C1(C)C=CC(=O)O1. The van der Waals surface area contributed by atoms with E-state index in [2.05, 4.69) is 0 Å². The second-order valence-corrected chi connectivity index (χ2v) is 3.09. The summed E-state index contributed by atoms with van der Waals surface area (Å²) in [5, 5.41) is 0. The van der Waals surface area contributed by atoms with Gasteiger partial charge in [0, 0.05) is 6.08 Å². The van der Waals surface area contributed by atoms with Crippen molar-refractivity contribution in [2.75, 3.05) is 0 Å². The van der Waals surface area contributed by atoms with Gasteiger partial charge in [0.1, 0.15) is 5.60 Å². The van der Waals surface area contributed by atoms with Crippen molar-refractivity contribution in [1.29, 1.82) is 0 Å². The Balaban J connectivity index is 2.74. The van der Waals surface area contributed by atoms with Gasteiger partial charge in [-0.25, -0.2) is 4.79 Å². The van der Waals surface area contributed by atoms with Crippen LogP contribution in [-0.4, -0.2) is 11.6 Å². The highest BCUT2D eigenvalue weighted by Gasteiger charge is 2.33. The molecule has 2 heteroatoms. The molecule has 0 aromatic rings. The minimum atomic E-state index is -0.364. The van der Waals surface area contributed by atoms with Gasteiger partial charge in [-0.05, 0) is 18.9 Å². The molecule has 0 spiro atoms. The molecule has 0 amide bonds. The molecule has 1 unspecified atom stereocenters. The summed E-state index contributed by atoms with van der Waals surface area (Å²) in [4.78, 5) is 10.7. The third-order valence-corrected chi connectivity index (χ3v) is 2.02. The molecule has 2 nitrogen and oxygen atoms in total. The van der Waals surface area contributed by atoms with Crippen LogP contribution >= 0.6 is 0 Å². The van der Waals surface area contributed by atoms with E-state index in [1.165, 1.54) is 6.08 Å². The molecule has 0 saturated carbocycles. The summed E-state index contributed by atoms with van der Waals surface area (Å²) in [6.07, 6.45) is 3.31. The smallest absolute Gasteiger partial charge is 0.331 e. The molecule has 0 N–H and O–H groups in total. The highest BCUT2D eigenvalue weighted by Crippen LogP contribution is 2.27. The number of hydrogen-bond acceptors (Lipinski definition) is 2. The predicted molar refractivity (Wildman–Crippen MR) is 38.5 cm³/mol. The molecule has 0 aromatic heterocycles. The molecule has 10 heavy (non-hydrogen) atoms. The largest absolute Gasteiger partial charge is 0.452 e. The molecule has 1 aliphatic heterocycles. The van der Waals surface area contributed by atoms with Crippen LogP contribution < -0.4 is 0 Å². The summed E-state index contributed by atoms with van der Waals surface area (Å²) >= 11 is 0. The molecule has 0 fully saturated rings. The molecular weight excluding hydrogens is 128 g/mol. The Morgan fingerprint density at radius 3 is 2.40 bits per heavy atom. The van der Waals surface area contributed by atoms with Crippen LogP contribution in [-0.2, 0) is 9.53 Å². The second-order valence-electron chi connectivity index (χ2n) is 3.09. The zero-order valence-corrected chi connectivity index (χ0v) is 6.55. The number of rotatable bonds is 1. The van der Waals surface area contributed by atoms with Crippen molar-refractivity contribution in [3.05, 3.63) is 12.2 Å². The van der Waals surface area contributed by atoms with E-state index in [0.29, 0.717) is 5.92 Å². The van der Waals surface area contributed by atoms with Gasteiger partial charge in [-0.3, -0.25) is 0 Å². The van der Waals surface area contributed by atoms with Gasteiger partial charge in [0.05, 0.1) is 0 Å². The van der Waals surface area contributed by atoms with Gasteiger partial charge in [0.25, 0.3) is 0 Å². The van der Waals surface area contributed by atoms with Crippen LogP contribution in [0.3, 0.4) is 0 Å². The van der Waals surface area contributed by atoms with Crippen molar-refractivity contribution < 1.29 is 9.53 Å². The third-order valence-electron chi connectivity index (χ3n) is 2.02. The molecule has 0 aromatic carbocycles. The molecule has 0 bridgehead atoms. The Morgan fingerprint density at radius 2 is 2.20 bits per heavy atom. The first-order valence-corrected chi connectivity index (χ1v) is 3.47. The standard InChI is InChI=1S/C8H12O2/c1-6(2)8(3)5-4-7(9)10-8/h4-6H,1-3H3. The van der Waals surface area contributed by atoms with Crippen molar-refractivity contribution >= 4 is 5.97 Å². The molecule has 1 rings (SSSR count). The van der Waals surface area contributed by atoms with Gasteiger partial charge in [-0.1, -0.05) is 13.8 Å². The van der Waals surface area contributed by atoms with Gasteiger partial charge in [0.2, 0.25) is 0 Å². The van der Waals surface area contributed by atoms with E-state index in [0.717, 1.165) is 0 Å². The molecule has 0 saturated heterocycles. The summed E-state index contributed by atoms with van der Waals surface area (Å²) in [7, 11) is 0. The number of ether oxygens (including phenoxy) is 1. The second kappa shape index (κ2) is 2.11. The molecular formula is C8H12O2. The Bertz CT molecular complexity index is 182. The average molecular weight is 140 g/mol. The summed E-state index contributed by atoms with van der Waals surface area (Å²) in [5.41, 5.74) is -0.364. The lowest BCUT2D eigenvalue weighted by molar-refractivity contribution is -0.147. The van der Waals surface area contributed by atoms with Crippen molar-refractivity contribution in [1.82, 2.24) is 0 Å². The van der Waals surface area contributed by atoms with E-state index in [1.807, 2.05) is 26.8 Å². The Hall–Kier alpha value is -0.790. The lowest BCUT2D eigenvalue weighted by Crippen LogP contribution is -2.30. The third kappa shape index (κ3) is 1.06. The minimum absolute atomic E-state index is 0.226. The molecule has 1 aliphatic rings. The zero-order valence-electron chi connectivity index (χ0n) is 6.55. The topological polar surface area (TPSA) is 26.3 Å². The van der Waals surface area contributed by atoms with Crippen LogP contribution in [0.2, 0.25) is 0 Å². The highest BCUT2D eigenvalue weighted by atomic mass is 16.6. The quantitative estimate of drug-likeness (QED) is 0.516. The maximum Gasteiger partial charge on any atom is 0.331 e. The lowest BCUT2D eigenvalue weighted by Gasteiger charge is -2.25. The molecule has 1 atom stereocenters. The van der Waals surface area contributed by atoms with Gasteiger partial charge >= 0.3 is 5.97 Å². The monoisotopic (exact) mass is 140 g/mol. The van der Waals surface area contributed by atoms with E-state index in [9.17, 15) is 4.79 Å². The van der Waals surface area contributed by atoms with E-state index in [4.69, 9.17) is 4.74 Å². The molecule has 56 valence electrons.